The van der Waals surface area contributed by atoms with Crippen LogP contribution in [0.5, 0.6) is 0 Å². The lowest BCUT2D eigenvalue weighted by Crippen LogP contribution is -2.26. The molecule has 2 aromatic carbocycles. The van der Waals surface area contributed by atoms with Gasteiger partial charge in [-0.15, -0.1) is 11.3 Å². The summed E-state index contributed by atoms with van der Waals surface area (Å²) in [6.07, 6.45) is 2.85. The predicted molar refractivity (Wildman–Crippen MR) is 118 cm³/mol. The third kappa shape index (κ3) is 4.15. The van der Waals surface area contributed by atoms with Gasteiger partial charge >= 0.3 is 0 Å². The van der Waals surface area contributed by atoms with Crippen LogP contribution in [0.2, 0.25) is 0 Å². The largest absolute Gasteiger partial charge is 0.337 e. The van der Waals surface area contributed by atoms with E-state index in [1.807, 2.05) is 61.1 Å². The van der Waals surface area contributed by atoms with Gasteiger partial charge in [0, 0.05) is 19.8 Å². The van der Waals surface area contributed by atoms with Crippen LogP contribution in [0.3, 0.4) is 0 Å². The number of hydrogen-bond acceptors (Lipinski definition) is 3. The summed E-state index contributed by atoms with van der Waals surface area (Å²) in [4.78, 5) is 16.1. The van der Waals surface area contributed by atoms with Gasteiger partial charge in [0.15, 0.2) is 0 Å². The molecule has 0 atom stereocenters. The van der Waals surface area contributed by atoms with Crippen molar-refractivity contribution in [1.29, 1.82) is 0 Å². The van der Waals surface area contributed by atoms with Crippen molar-refractivity contribution >= 4 is 17.2 Å². The monoisotopic (exact) mass is 401 g/mol. The first-order valence-corrected chi connectivity index (χ1v) is 10.6. The normalized spacial score (nSPS) is 10.8. The van der Waals surface area contributed by atoms with Gasteiger partial charge in [0.2, 0.25) is 0 Å². The second kappa shape index (κ2) is 8.45. The number of carbonyl (C=O) groups is 1. The maximum Gasteiger partial charge on any atom is 0.257 e. The summed E-state index contributed by atoms with van der Waals surface area (Å²) in [6.45, 7) is 2.70. The van der Waals surface area contributed by atoms with Crippen LogP contribution in [0.25, 0.3) is 16.3 Å². The van der Waals surface area contributed by atoms with Crippen LogP contribution in [-0.4, -0.2) is 27.6 Å². The van der Waals surface area contributed by atoms with E-state index in [0.717, 1.165) is 28.2 Å². The highest BCUT2D eigenvalue weighted by molar-refractivity contribution is 7.13. The number of aromatic nitrogens is 2. The molecule has 0 N–H and O–H groups in total. The SMILES string of the molecule is CCc1ccc(CN(C)C(=O)c2cn(-c3ccccc3)nc2-c2cccs2)cc1. The zero-order valence-electron chi connectivity index (χ0n) is 16.6. The Kier molecular flexibility index (Phi) is 5.58. The first-order chi connectivity index (χ1) is 14.2. The third-order valence-corrected chi connectivity index (χ3v) is 5.79. The standard InChI is InChI=1S/C24H23N3OS/c1-3-18-11-13-19(14-12-18)16-26(2)24(28)21-17-27(20-8-5-4-6-9-20)25-23(21)22-10-7-15-29-22/h4-15,17H,3,16H2,1-2H3. The van der Waals surface area contributed by atoms with E-state index in [2.05, 4.69) is 31.2 Å². The molecular weight excluding hydrogens is 378 g/mol. The Bertz CT molecular complexity index is 1080. The molecule has 4 rings (SSSR count). The molecule has 0 aliphatic rings. The molecule has 146 valence electrons. The molecule has 0 aliphatic heterocycles. The fourth-order valence-electron chi connectivity index (χ4n) is 3.27. The Morgan fingerprint density at radius 2 is 1.72 bits per heavy atom. The van der Waals surface area contributed by atoms with E-state index < -0.39 is 0 Å². The van der Waals surface area contributed by atoms with Gasteiger partial charge in [-0.2, -0.15) is 5.10 Å². The number of aryl methyl sites for hydroxylation is 1. The summed E-state index contributed by atoms with van der Waals surface area (Å²) in [5.41, 5.74) is 4.69. The fourth-order valence-corrected chi connectivity index (χ4v) is 3.99. The average Bonchev–Trinajstić information content (AvgIpc) is 3.44. The molecule has 2 aromatic heterocycles. The third-order valence-electron chi connectivity index (χ3n) is 4.92. The van der Waals surface area contributed by atoms with Crippen LogP contribution in [0.1, 0.15) is 28.4 Å². The molecule has 0 unspecified atom stereocenters. The molecule has 29 heavy (non-hydrogen) atoms. The Balaban J connectivity index is 1.65. The van der Waals surface area contributed by atoms with Gasteiger partial charge in [0.25, 0.3) is 5.91 Å². The van der Waals surface area contributed by atoms with Crippen molar-refractivity contribution in [3.05, 3.63) is 95.0 Å². The van der Waals surface area contributed by atoms with Crippen molar-refractivity contribution in [2.45, 2.75) is 19.9 Å². The van der Waals surface area contributed by atoms with E-state index in [0.29, 0.717) is 12.1 Å². The molecule has 4 nitrogen and oxygen atoms in total. The molecule has 2 heterocycles. The van der Waals surface area contributed by atoms with E-state index >= 15 is 0 Å². The number of nitrogens with zero attached hydrogens (tertiary/aromatic N) is 3. The zero-order valence-corrected chi connectivity index (χ0v) is 17.4. The Labute approximate surface area is 175 Å². The molecule has 0 radical (unpaired) electrons. The second-order valence-electron chi connectivity index (χ2n) is 6.98. The molecule has 5 heteroatoms. The minimum atomic E-state index is -0.0323. The van der Waals surface area contributed by atoms with Crippen LogP contribution in [-0.2, 0) is 13.0 Å². The van der Waals surface area contributed by atoms with Crippen molar-refractivity contribution < 1.29 is 4.79 Å². The van der Waals surface area contributed by atoms with Gasteiger partial charge in [-0.05, 0) is 41.1 Å². The van der Waals surface area contributed by atoms with Gasteiger partial charge in [0.05, 0.1) is 16.1 Å². The van der Waals surface area contributed by atoms with Gasteiger partial charge < -0.3 is 4.90 Å². The molecule has 0 fully saturated rings. The lowest BCUT2D eigenvalue weighted by atomic mass is 10.1. The van der Waals surface area contributed by atoms with Crippen molar-refractivity contribution in [1.82, 2.24) is 14.7 Å². The summed E-state index contributed by atoms with van der Waals surface area (Å²) in [5, 5.41) is 6.74. The van der Waals surface area contributed by atoms with Crippen LogP contribution in [0.4, 0.5) is 0 Å². The maximum atomic E-state index is 13.3. The van der Waals surface area contributed by atoms with Crippen molar-refractivity contribution in [2.75, 3.05) is 7.05 Å². The molecule has 0 saturated heterocycles. The predicted octanol–water partition coefficient (Wildman–Crippen LogP) is 5.44. The number of thiophene rings is 1. The van der Waals surface area contributed by atoms with Gasteiger partial charge in [0.1, 0.15) is 5.69 Å². The van der Waals surface area contributed by atoms with Crippen molar-refractivity contribution in [3.63, 3.8) is 0 Å². The van der Waals surface area contributed by atoms with Gasteiger partial charge in [-0.3, -0.25) is 4.79 Å². The number of carbonyl (C=O) groups excluding carboxylic acids is 1. The number of amides is 1. The number of para-hydroxylation sites is 1. The summed E-state index contributed by atoms with van der Waals surface area (Å²) in [7, 11) is 1.84. The highest BCUT2D eigenvalue weighted by Gasteiger charge is 2.22. The average molecular weight is 402 g/mol. The number of hydrogen-bond donors (Lipinski definition) is 0. The van der Waals surface area contributed by atoms with Crippen molar-refractivity contribution in [3.8, 4) is 16.3 Å². The summed E-state index contributed by atoms with van der Waals surface area (Å²) in [6, 6.07) is 22.3. The summed E-state index contributed by atoms with van der Waals surface area (Å²) in [5.74, 6) is -0.0323. The molecule has 4 aromatic rings. The molecule has 0 spiro atoms. The second-order valence-corrected chi connectivity index (χ2v) is 7.93. The zero-order chi connectivity index (χ0) is 20.2. The van der Waals surface area contributed by atoms with E-state index in [1.54, 1.807) is 20.9 Å². The first-order valence-electron chi connectivity index (χ1n) is 9.68. The summed E-state index contributed by atoms with van der Waals surface area (Å²) >= 11 is 1.59. The number of rotatable bonds is 6. The van der Waals surface area contributed by atoms with E-state index in [-0.39, 0.29) is 5.91 Å². The highest BCUT2D eigenvalue weighted by atomic mass is 32.1. The number of benzene rings is 2. The smallest absolute Gasteiger partial charge is 0.257 e. The highest BCUT2D eigenvalue weighted by Crippen LogP contribution is 2.28. The first kappa shape index (κ1) is 19.2. The van der Waals surface area contributed by atoms with Crippen molar-refractivity contribution in [2.24, 2.45) is 0 Å². The van der Waals surface area contributed by atoms with Crippen LogP contribution >= 0.6 is 11.3 Å². The van der Waals surface area contributed by atoms with Crippen LogP contribution in [0.15, 0.2) is 78.3 Å². The molecule has 1 amide bonds. The lowest BCUT2D eigenvalue weighted by Gasteiger charge is -2.17. The molecular formula is C24H23N3OS. The lowest BCUT2D eigenvalue weighted by molar-refractivity contribution is 0.0786. The van der Waals surface area contributed by atoms with Gasteiger partial charge in [-0.1, -0.05) is 55.5 Å². The Morgan fingerprint density at radius 3 is 2.38 bits per heavy atom. The van der Waals surface area contributed by atoms with Crippen LogP contribution in [0, 0.1) is 0 Å². The van der Waals surface area contributed by atoms with E-state index in [4.69, 9.17) is 5.10 Å². The molecule has 0 aliphatic carbocycles. The minimum absolute atomic E-state index is 0.0323. The molecule has 0 bridgehead atoms. The van der Waals surface area contributed by atoms with Gasteiger partial charge in [-0.25, -0.2) is 4.68 Å². The Hall–Kier alpha value is -3.18. The van der Waals surface area contributed by atoms with E-state index in [9.17, 15) is 4.79 Å². The quantitative estimate of drug-likeness (QED) is 0.432. The van der Waals surface area contributed by atoms with E-state index in [1.165, 1.54) is 5.56 Å². The maximum absolute atomic E-state index is 13.3. The summed E-state index contributed by atoms with van der Waals surface area (Å²) < 4.78 is 1.78. The fraction of sp³-hybridized carbons (Fsp3) is 0.167. The topological polar surface area (TPSA) is 38.1 Å². The van der Waals surface area contributed by atoms with Crippen LogP contribution < -0.4 is 0 Å². The minimum Gasteiger partial charge on any atom is -0.337 e. The molecule has 0 saturated carbocycles. The Morgan fingerprint density at radius 1 is 1.00 bits per heavy atom.